The zero-order chi connectivity index (χ0) is 23.5. The van der Waals surface area contributed by atoms with E-state index in [4.69, 9.17) is 28.6 Å². The third kappa shape index (κ3) is 4.81. The summed E-state index contributed by atoms with van der Waals surface area (Å²) in [5.41, 5.74) is 2.77. The van der Waals surface area contributed by atoms with Crippen LogP contribution < -0.4 is 5.32 Å². The fraction of sp³-hybridized carbons (Fsp3) is 0.360. The first-order valence-corrected chi connectivity index (χ1v) is 12.3. The van der Waals surface area contributed by atoms with Gasteiger partial charge in [-0.1, -0.05) is 17.7 Å². The normalized spacial score (nSPS) is 21.1. The lowest BCUT2D eigenvalue weighted by molar-refractivity contribution is 0.0365. The van der Waals surface area contributed by atoms with Crippen LogP contribution in [0.15, 0.2) is 60.9 Å². The molecule has 6 nitrogen and oxygen atoms in total. The first-order chi connectivity index (χ1) is 16.6. The van der Waals surface area contributed by atoms with E-state index in [0.29, 0.717) is 5.11 Å². The molecule has 2 aliphatic rings. The summed E-state index contributed by atoms with van der Waals surface area (Å²) in [5.74, 6) is -0.432. The average molecular weight is 500 g/mol. The van der Waals surface area contributed by atoms with Crippen LogP contribution in [-0.2, 0) is 4.74 Å². The molecule has 34 heavy (non-hydrogen) atoms. The van der Waals surface area contributed by atoms with Crippen LogP contribution in [0.2, 0.25) is 5.02 Å². The lowest BCUT2D eigenvalue weighted by Crippen LogP contribution is -2.39. The summed E-state index contributed by atoms with van der Waals surface area (Å²) in [7, 11) is 0. The number of thiocarbonyl (C=S) groups is 1. The molecule has 0 radical (unpaired) electrons. The summed E-state index contributed by atoms with van der Waals surface area (Å²) in [4.78, 5) is 9.31. The second-order valence-corrected chi connectivity index (χ2v) is 9.32. The molecule has 0 unspecified atom stereocenters. The lowest BCUT2D eigenvalue weighted by atomic mass is 10.0. The van der Waals surface area contributed by atoms with E-state index in [1.165, 1.54) is 6.07 Å². The van der Waals surface area contributed by atoms with Crippen molar-refractivity contribution in [3.8, 4) is 5.69 Å². The van der Waals surface area contributed by atoms with Gasteiger partial charge in [0.2, 0.25) is 0 Å². The molecule has 2 saturated heterocycles. The summed E-state index contributed by atoms with van der Waals surface area (Å²) in [5, 5.41) is 4.32. The van der Waals surface area contributed by atoms with Gasteiger partial charge >= 0.3 is 0 Å². The van der Waals surface area contributed by atoms with E-state index in [1.807, 2.05) is 30.5 Å². The largest absolute Gasteiger partial charge is 0.379 e. The van der Waals surface area contributed by atoms with Crippen LogP contribution in [0.1, 0.15) is 29.9 Å². The highest BCUT2D eigenvalue weighted by Gasteiger charge is 2.41. The Labute approximate surface area is 209 Å². The van der Waals surface area contributed by atoms with Gasteiger partial charge in [0.15, 0.2) is 5.11 Å². The summed E-state index contributed by atoms with van der Waals surface area (Å²) in [6, 6.07) is 14.6. The monoisotopic (exact) mass is 499 g/mol. The zero-order valence-corrected chi connectivity index (χ0v) is 20.3. The minimum Gasteiger partial charge on any atom is -0.379 e. The van der Waals surface area contributed by atoms with Gasteiger partial charge in [-0.05, 0) is 61.1 Å². The molecule has 2 aromatic heterocycles. The first kappa shape index (κ1) is 23.2. The Morgan fingerprint density at radius 2 is 1.97 bits per heavy atom. The minimum atomic E-state index is -0.432. The van der Waals surface area contributed by atoms with E-state index in [-0.39, 0.29) is 17.1 Å². The highest BCUT2D eigenvalue weighted by Crippen LogP contribution is 2.39. The number of halogens is 2. The van der Waals surface area contributed by atoms with Crippen molar-refractivity contribution in [2.45, 2.75) is 18.5 Å². The predicted octanol–water partition coefficient (Wildman–Crippen LogP) is 4.36. The molecule has 3 aromatic rings. The van der Waals surface area contributed by atoms with Crippen LogP contribution in [0.3, 0.4) is 0 Å². The number of pyridine rings is 1. The van der Waals surface area contributed by atoms with Gasteiger partial charge < -0.3 is 19.5 Å². The Morgan fingerprint density at radius 1 is 1.12 bits per heavy atom. The Morgan fingerprint density at radius 3 is 2.74 bits per heavy atom. The van der Waals surface area contributed by atoms with Gasteiger partial charge in [-0.3, -0.25) is 9.88 Å². The molecule has 178 valence electrons. The number of rotatable bonds is 7. The smallest absolute Gasteiger partial charge is 0.170 e. The van der Waals surface area contributed by atoms with Gasteiger partial charge in [0.1, 0.15) is 5.82 Å². The number of nitrogens with zero attached hydrogens (tertiary/aromatic N) is 4. The average Bonchev–Trinajstić information content (AvgIpc) is 3.47. The molecule has 0 amide bonds. The molecule has 2 fully saturated rings. The molecule has 9 heteroatoms. The fourth-order valence-corrected chi connectivity index (χ4v) is 5.27. The topological polar surface area (TPSA) is 45.6 Å². The van der Waals surface area contributed by atoms with E-state index in [9.17, 15) is 4.39 Å². The van der Waals surface area contributed by atoms with Gasteiger partial charge in [-0.25, -0.2) is 4.39 Å². The van der Waals surface area contributed by atoms with Gasteiger partial charge in [0, 0.05) is 50.0 Å². The van der Waals surface area contributed by atoms with E-state index in [0.717, 1.165) is 62.9 Å². The molecule has 0 spiro atoms. The standard InChI is InChI=1S/C25H27ClFN5OS/c26-19-17-18(7-8-20(19)27)31-11-3-6-22(31)24-23(21-5-1-2-9-28-21)29-25(34)32(24)12-4-10-30-13-15-33-16-14-30/h1-3,5-9,11,17,23-24H,4,10,12-16H2,(H,29,34)/t23-,24+/m1/s1. The molecule has 1 N–H and O–H groups in total. The van der Waals surface area contributed by atoms with E-state index >= 15 is 0 Å². The highest BCUT2D eigenvalue weighted by molar-refractivity contribution is 7.80. The van der Waals surface area contributed by atoms with Crippen molar-refractivity contribution < 1.29 is 9.13 Å². The van der Waals surface area contributed by atoms with Crippen molar-refractivity contribution in [1.82, 2.24) is 24.7 Å². The maximum Gasteiger partial charge on any atom is 0.170 e. The minimum absolute atomic E-state index is 0.0779. The van der Waals surface area contributed by atoms with Crippen LogP contribution in [0, 0.1) is 5.82 Å². The predicted molar refractivity (Wildman–Crippen MR) is 135 cm³/mol. The molecular weight excluding hydrogens is 473 g/mol. The fourth-order valence-electron chi connectivity index (χ4n) is 4.76. The van der Waals surface area contributed by atoms with Crippen molar-refractivity contribution >= 4 is 28.9 Å². The van der Waals surface area contributed by atoms with Gasteiger partial charge in [-0.2, -0.15) is 0 Å². The van der Waals surface area contributed by atoms with Crippen molar-refractivity contribution in [2.24, 2.45) is 0 Å². The van der Waals surface area contributed by atoms with Crippen molar-refractivity contribution in [1.29, 1.82) is 0 Å². The quantitative estimate of drug-likeness (QED) is 0.487. The number of morpholine rings is 1. The Hall–Kier alpha value is -2.52. The molecule has 0 bridgehead atoms. The van der Waals surface area contributed by atoms with Gasteiger partial charge in [0.05, 0.1) is 36.0 Å². The molecule has 1 aromatic carbocycles. The highest BCUT2D eigenvalue weighted by atomic mass is 35.5. The SMILES string of the molecule is Fc1ccc(-n2cccc2[C@H]2[C@@H](c3ccccn3)NC(=S)N2CCCN2CCOCC2)cc1Cl. The maximum absolute atomic E-state index is 13.8. The number of hydrogen-bond acceptors (Lipinski definition) is 4. The van der Waals surface area contributed by atoms with E-state index < -0.39 is 5.82 Å². The summed E-state index contributed by atoms with van der Waals surface area (Å²) >= 11 is 11.9. The van der Waals surface area contributed by atoms with E-state index in [2.05, 4.69) is 30.7 Å². The first-order valence-electron chi connectivity index (χ1n) is 11.5. The number of ether oxygens (including phenoxy) is 1. The third-order valence-corrected chi connectivity index (χ3v) is 7.08. The molecular formula is C25H27ClFN5OS. The second-order valence-electron chi connectivity index (χ2n) is 8.53. The van der Waals surface area contributed by atoms with Gasteiger partial charge in [-0.15, -0.1) is 0 Å². The number of benzene rings is 1. The molecule has 2 aliphatic heterocycles. The van der Waals surface area contributed by atoms with Crippen LogP contribution in [0.25, 0.3) is 5.69 Å². The molecule has 5 rings (SSSR count). The lowest BCUT2D eigenvalue weighted by Gasteiger charge is -2.31. The summed E-state index contributed by atoms with van der Waals surface area (Å²) in [6.45, 7) is 5.34. The zero-order valence-electron chi connectivity index (χ0n) is 18.7. The Bertz CT molecular complexity index is 1140. The maximum atomic E-state index is 13.8. The molecule has 0 saturated carbocycles. The van der Waals surface area contributed by atoms with Crippen LogP contribution in [0.5, 0.6) is 0 Å². The van der Waals surface area contributed by atoms with Crippen molar-refractivity contribution in [2.75, 3.05) is 39.4 Å². The number of aromatic nitrogens is 2. The number of hydrogen-bond donors (Lipinski definition) is 1. The third-order valence-electron chi connectivity index (χ3n) is 6.44. The Kier molecular flexibility index (Phi) is 7.10. The molecule has 0 aliphatic carbocycles. The Balaban J connectivity index is 1.45. The van der Waals surface area contributed by atoms with Crippen LogP contribution in [-0.4, -0.2) is 63.9 Å². The van der Waals surface area contributed by atoms with Gasteiger partial charge in [0.25, 0.3) is 0 Å². The molecule has 4 heterocycles. The van der Waals surface area contributed by atoms with Crippen molar-refractivity contribution in [3.63, 3.8) is 0 Å². The molecule has 2 atom stereocenters. The van der Waals surface area contributed by atoms with Crippen LogP contribution in [0.4, 0.5) is 4.39 Å². The summed E-state index contributed by atoms with van der Waals surface area (Å²) in [6.07, 6.45) is 4.76. The van der Waals surface area contributed by atoms with Crippen molar-refractivity contribution in [3.05, 3.63) is 83.2 Å². The second kappa shape index (κ2) is 10.4. The number of nitrogens with one attached hydrogen (secondary N) is 1. The van der Waals surface area contributed by atoms with E-state index in [1.54, 1.807) is 18.3 Å². The summed E-state index contributed by atoms with van der Waals surface area (Å²) < 4.78 is 21.4. The van der Waals surface area contributed by atoms with Crippen LogP contribution >= 0.6 is 23.8 Å².